The zero-order valence-electron chi connectivity index (χ0n) is 18.4. The molecule has 1 aromatic heterocycles. The molecule has 0 aliphatic heterocycles. The third-order valence-electron chi connectivity index (χ3n) is 5.14. The van der Waals surface area contributed by atoms with Crippen molar-refractivity contribution in [2.45, 2.75) is 13.8 Å². The maximum Gasteiger partial charge on any atom is 0.262 e. The number of amides is 1. The van der Waals surface area contributed by atoms with Crippen molar-refractivity contribution in [2.24, 2.45) is 0 Å². The largest absolute Gasteiger partial charge is 0.497 e. The van der Waals surface area contributed by atoms with Crippen LogP contribution in [0.2, 0.25) is 5.02 Å². The van der Waals surface area contributed by atoms with Crippen molar-refractivity contribution in [3.8, 4) is 22.8 Å². The molecule has 168 valence electrons. The summed E-state index contributed by atoms with van der Waals surface area (Å²) >= 11 is 6.38. The van der Waals surface area contributed by atoms with Crippen LogP contribution in [0.25, 0.3) is 22.3 Å². The lowest BCUT2D eigenvalue weighted by molar-refractivity contribution is -0.118. The number of anilines is 1. The molecule has 7 heteroatoms. The van der Waals surface area contributed by atoms with E-state index >= 15 is 0 Å². The molecular formula is C26H22ClNO5. The number of benzene rings is 3. The molecule has 0 saturated carbocycles. The van der Waals surface area contributed by atoms with Crippen LogP contribution in [0.1, 0.15) is 11.1 Å². The van der Waals surface area contributed by atoms with E-state index in [9.17, 15) is 9.59 Å². The van der Waals surface area contributed by atoms with Crippen molar-refractivity contribution < 1.29 is 18.7 Å². The monoisotopic (exact) mass is 463 g/mol. The van der Waals surface area contributed by atoms with Gasteiger partial charge in [-0.2, -0.15) is 0 Å². The number of hydrogen-bond donors (Lipinski definition) is 1. The summed E-state index contributed by atoms with van der Waals surface area (Å²) in [7, 11) is 1.57. The lowest BCUT2D eigenvalue weighted by Crippen LogP contribution is -2.22. The van der Waals surface area contributed by atoms with Crippen LogP contribution in [-0.2, 0) is 4.79 Å². The van der Waals surface area contributed by atoms with E-state index in [-0.39, 0.29) is 23.5 Å². The minimum Gasteiger partial charge on any atom is -0.497 e. The smallest absolute Gasteiger partial charge is 0.262 e. The fraction of sp³-hybridized carbons (Fsp3) is 0.154. The summed E-state index contributed by atoms with van der Waals surface area (Å²) < 4.78 is 17.0. The van der Waals surface area contributed by atoms with Crippen molar-refractivity contribution in [3.63, 3.8) is 0 Å². The fourth-order valence-corrected chi connectivity index (χ4v) is 3.86. The summed E-state index contributed by atoms with van der Waals surface area (Å²) in [6.07, 6.45) is 0. The Kier molecular flexibility index (Phi) is 6.38. The van der Waals surface area contributed by atoms with Crippen molar-refractivity contribution in [2.75, 3.05) is 19.0 Å². The molecule has 0 aliphatic rings. The molecule has 0 aliphatic carbocycles. The number of fused-ring (bicyclic) bond motifs is 1. The zero-order chi connectivity index (χ0) is 23.5. The minimum absolute atomic E-state index is 0.0626. The normalized spacial score (nSPS) is 10.8. The maximum absolute atomic E-state index is 13.4. The number of hydrogen-bond acceptors (Lipinski definition) is 5. The standard InChI is InChI=1S/C26H22ClNO5/c1-15-12-16(2)23-21(13-15)33-25(19-6-4-5-7-20(19)27)26(24(23)30)32-14-22(29)28-17-8-10-18(31-3)11-9-17/h4-13H,14H2,1-3H3,(H,28,29). The maximum atomic E-state index is 13.4. The molecular weight excluding hydrogens is 442 g/mol. The first-order valence-electron chi connectivity index (χ1n) is 10.3. The topological polar surface area (TPSA) is 77.8 Å². The van der Waals surface area contributed by atoms with Crippen LogP contribution in [0.15, 0.2) is 69.9 Å². The number of halogens is 1. The molecule has 0 atom stereocenters. The molecule has 1 N–H and O–H groups in total. The highest BCUT2D eigenvalue weighted by molar-refractivity contribution is 6.33. The van der Waals surface area contributed by atoms with Crippen molar-refractivity contribution in [1.82, 2.24) is 0 Å². The molecule has 4 rings (SSSR count). The first kappa shape index (κ1) is 22.4. The van der Waals surface area contributed by atoms with Gasteiger partial charge in [-0.25, -0.2) is 0 Å². The van der Waals surface area contributed by atoms with Gasteiger partial charge in [-0.3, -0.25) is 9.59 Å². The summed E-state index contributed by atoms with van der Waals surface area (Å²) in [5.41, 5.74) is 2.87. The molecule has 3 aromatic carbocycles. The molecule has 0 radical (unpaired) electrons. The van der Waals surface area contributed by atoms with Crippen LogP contribution >= 0.6 is 11.6 Å². The van der Waals surface area contributed by atoms with Crippen LogP contribution in [0.5, 0.6) is 11.5 Å². The van der Waals surface area contributed by atoms with E-state index < -0.39 is 5.91 Å². The Morgan fingerprint density at radius 2 is 1.79 bits per heavy atom. The summed E-state index contributed by atoms with van der Waals surface area (Å²) in [4.78, 5) is 25.9. The average molecular weight is 464 g/mol. The second kappa shape index (κ2) is 9.38. The van der Waals surface area contributed by atoms with Crippen molar-refractivity contribution in [3.05, 3.63) is 87.0 Å². The van der Waals surface area contributed by atoms with Gasteiger partial charge in [0.1, 0.15) is 11.3 Å². The molecule has 0 spiro atoms. The van der Waals surface area contributed by atoms with Crippen LogP contribution in [0.4, 0.5) is 5.69 Å². The second-order valence-electron chi connectivity index (χ2n) is 7.59. The van der Waals surface area contributed by atoms with E-state index in [1.54, 1.807) is 61.7 Å². The molecule has 33 heavy (non-hydrogen) atoms. The molecule has 4 aromatic rings. The van der Waals surface area contributed by atoms with Crippen molar-refractivity contribution in [1.29, 1.82) is 0 Å². The first-order chi connectivity index (χ1) is 15.9. The van der Waals surface area contributed by atoms with Gasteiger partial charge in [0.15, 0.2) is 12.4 Å². The first-order valence-corrected chi connectivity index (χ1v) is 10.6. The van der Waals surface area contributed by atoms with Gasteiger partial charge in [-0.05, 0) is 67.4 Å². The Bertz CT molecular complexity index is 1390. The zero-order valence-corrected chi connectivity index (χ0v) is 19.2. The molecule has 1 amide bonds. The van der Waals surface area contributed by atoms with Gasteiger partial charge in [0.05, 0.1) is 17.5 Å². The third kappa shape index (κ3) is 4.71. The predicted octanol–water partition coefficient (Wildman–Crippen LogP) is 5.76. The number of nitrogens with one attached hydrogen (secondary N) is 1. The Balaban J connectivity index is 1.71. The Morgan fingerprint density at radius 3 is 2.48 bits per heavy atom. The van der Waals surface area contributed by atoms with Crippen molar-refractivity contribution >= 4 is 34.2 Å². The molecule has 0 fully saturated rings. The van der Waals surface area contributed by atoms with Gasteiger partial charge in [0.2, 0.25) is 11.2 Å². The van der Waals surface area contributed by atoms with Crippen LogP contribution in [0, 0.1) is 13.8 Å². The Labute approximate surface area is 195 Å². The highest BCUT2D eigenvalue weighted by Gasteiger charge is 2.21. The second-order valence-corrected chi connectivity index (χ2v) is 8.00. The van der Waals surface area contributed by atoms with E-state index in [4.69, 9.17) is 25.5 Å². The molecule has 1 heterocycles. The van der Waals surface area contributed by atoms with E-state index in [0.29, 0.717) is 33.0 Å². The average Bonchev–Trinajstić information content (AvgIpc) is 2.78. The molecule has 0 unspecified atom stereocenters. The fourth-order valence-electron chi connectivity index (χ4n) is 3.64. The lowest BCUT2D eigenvalue weighted by Gasteiger charge is -2.14. The highest BCUT2D eigenvalue weighted by Crippen LogP contribution is 2.36. The quantitative estimate of drug-likeness (QED) is 0.393. The van der Waals surface area contributed by atoms with E-state index in [1.807, 2.05) is 19.9 Å². The number of carbonyl (C=O) groups excluding carboxylic acids is 1. The van der Waals surface area contributed by atoms with Gasteiger partial charge >= 0.3 is 0 Å². The summed E-state index contributed by atoms with van der Waals surface area (Å²) in [6, 6.07) is 17.6. The minimum atomic E-state index is -0.426. The molecule has 6 nitrogen and oxygen atoms in total. The van der Waals surface area contributed by atoms with Crippen LogP contribution in [-0.4, -0.2) is 19.6 Å². The van der Waals surface area contributed by atoms with E-state index in [2.05, 4.69) is 5.32 Å². The summed E-state index contributed by atoms with van der Waals surface area (Å²) in [6.45, 7) is 3.38. The number of rotatable bonds is 6. The van der Waals surface area contributed by atoms with Crippen LogP contribution in [0.3, 0.4) is 0 Å². The van der Waals surface area contributed by atoms with Gasteiger partial charge in [0.25, 0.3) is 5.91 Å². The van der Waals surface area contributed by atoms with Gasteiger partial charge in [0, 0.05) is 11.3 Å². The molecule has 0 saturated heterocycles. The lowest BCUT2D eigenvalue weighted by atomic mass is 10.0. The SMILES string of the molecule is COc1ccc(NC(=O)COc2c(-c3ccccc3Cl)oc3cc(C)cc(C)c3c2=O)cc1. The van der Waals surface area contributed by atoms with Gasteiger partial charge in [-0.1, -0.05) is 29.8 Å². The number of aryl methyl sites for hydroxylation is 2. The highest BCUT2D eigenvalue weighted by atomic mass is 35.5. The Morgan fingerprint density at radius 1 is 1.06 bits per heavy atom. The summed E-state index contributed by atoms with van der Waals surface area (Å²) in [5, 5.41) is 3.54. The van der Waals surface area contributed by atoms with Crippen LogP contribution < -0.4 is 20.2 Å². The van der Waals surface area contributed by atoms with Gasteiger partial charge < -0.3 is 19.2 Å². The van der Waals surface area contributed by atoms with Gasteiger partial charge in [-0.15, -0.1) is 0 Å². The predicted molar refractivity (Wildman–Crippen MR) is 130 cm³/mol. The number of carbonyl (C=O) groups is 1. The Hall–Kier alpha value is -3.77. The third-order valence-corrected chi connectivity index (χ3v) is 5.46. The van der Waals surface area contributed by atoms with E-state index in [0.717, 1.165) is 11.1 Å². The molecule has 0 bridgehead atoms. The van der Waals surface area contributed by atoms with E-state index in [1.165, 1.54) is 0 Å². The number of methoxy groups -OCH3 is 1. The summed E-state index contributed by atoms with van der Waals surface area (Å²) in [5.74, 6) is 0.367. The number of ether oxygens (including phenoxy) is 2.